The molecule has 0 aliphatic heterocycles. The number of carbonyl (C=O) groups is 1. The minimum atomic E-state index is -3.74. The van der Waals surface area contributed by atoms with E-state index in [-0.39, 0.29) is 15.5 Å². The standard InChI is InChI=1S/C14H9BrCl2O3S/c15-9-2-1-3-11(6-9)21(19,20)8-14(18)12-7-10(16)4-5-13(12)17/h1-7H,8H2. The van der Waals surface area contributed by atoms with Gasteiger partial charge in [-0.2, -0.15) is 0 Å². The third-order valence-corrected chi connectivity index (χ3v) is 5.38. The van der Waals surface area contributed by atoms with Gasteiger partial charge in [0.15, 0.2) is 15.6 Å². The van der Waals surface area contributed by atoms with E-state index in [1.54, 1.807) is 12.1 Å². The highest BCUT2D eigenvalue weighted by Gasteiger charge is 2.22. The van der Waals surface area contributed by atoms with Gasteiger partial charge in [-0.25, -0.2) is 8.42 Å². The molecule has 0 saturated carbocycles. The first-order chi connectivity index (χ1) is 9.79. The van der Waals surface area contributed by atoms with Crippen molar-refractivity contribution in [3.63, 3.8) is 0 Å². The minimum absolute atomic E-state index is 0.0726. The molecule has 7 heteroatoms. The molecule has 0 atom stereocenters. The number of sulfone groups is 1. The quantitative estimate of drug-likeness (QED) is 0.705. The summed E-state index contributed by atoms with van der Waals surface area (Å²) in [6.45, 7) is 0. The first-order valence-electron chi connectivity index (χ1n) is 5.76. The van der Waals surface area contributed by atoms with Gasteiger partial charge in [-0.05, 0) is 36.4 Å². The molecule has 0 saturated heterocycles. The van der Waals surface area contributed by atoms with Crippen LogP contribution in [0.5, 0.6) is 0 Å². The number of hydrogen-bond acceptors (Lipinski definition) is 3. The molecule has 0 amide bonds. The lowest BCUT2D eigenvalue weighted by atomic mass is 10.1. The third-order valence-electron chi connectivity index (χ3n) is 2.71. The Balaban J connectivity index is 2.32. The van der Waals surface area contributed by atoms with Gasteiger partial charge in [-0.1, -0.05) is 45.2 Å². The Hall–Kier alpha value is -0.880. The second-order valence-corrected chi connectivity index (χ2v) is 8.01. The molecule has 2 aromatic carbocycles. The second-order valence-electron chi connectivity index (χ2n) is 4.26. The average Bonchev–Trinajstić information content (AvgIpc) is 2.41. The van der Waals surface area contributed by atoms with Crippen LogP contribution in [0.1, 0.15) is 10.4 Å². The minimum Gasteiger partial charge on any atom is -0.293 e. The Kier molecular flexibility index (Phi) is 5.09. The molecule has 110 valence electrons. The molecule has 0 N–H and O–H groups in total. The molecule has 0 fully saturated rings. The molecule has 3 nitrogen and oxygen atoms in total. The summed E-state index contributed by atoms with van der Waals surface area (Å²) >= 11 is 14.9. The highest BCUT2D eigenvalue weighted by atomic mass is 79.9. The Labute approximate surface area is 140 Å². The lowest BCUT2D eigenvalue weighted by molar-refractivity contribution is 0.102. The summed E-state index contributed by atoms with van der Waals surface area (Å²) in [4.78, 5) is 12.2. The van der Waals surface area contributed by atoms with Gasteiger partial charge < -0.3 is 0 Å². The summed E-state index contributed by atoms with van der Waals surface area (Å²) in [5.74, 6) is -1.26. The van der Waals surface area contributed by atoms with E-state index >= 15 is 0 Å². The van der Waals surface area contributed by atoms with Gasteiger partial charge in [0.25, 0.3) is 0 Å². The van der Waals surface area contributed by atoms with Crippen LogP contribution in [0.15, 0.2) is 51.8 Å². The highest BCUT2D eigenvalue weighted by Crippen LogP contribution is 2.23. The Morgan fingerprint density at radius 1 is 1.10 bits per heavy atom. The molecular weight excluding hydrogens is 399 g/mol. The van der Waals surface area contributed by atoms with Crippen LogP contribution >= 0.6 is 39.1 Å². The van der Waals surface area contributed by atoms with E-state index in [4.69, 9.17) is 23.2 Å². The summed E-state index contributed by atoms with van der Waals surface area (Å²) in [5.41, 5.74) is 0.0998. The predicted octanol–water partition coefficient (Wildman–Crippen LogP) is 4.41. The van der Waals surface area contributed by atoms with E-state index < -0.39 is 21.4 Å². The Bertz CT molecular complexity index is 804. The smallest absolute Gasteiger partial charge is 0.185 e. The van der Waals surface area contributed by atoms with Crippen LogP contribution in [0, 0.1) is 0 Å². The van der Waals surface area contributed by atoms with Crippen molar-refractivity contribution in [1.82, 2.24) is 0 Å². The number of ketones is 1. The zero-order valence-corrected chi connectivity index (χ0v) is 14.4. The van der Waals surface area contributed by atoms with Crippen molar-refractivity contribution in [3.8, 4) is 0 Å². The average molecular weight is 408 g/mol. The summed E-state index contributed by atoms with van der Waals surface area (Å²) in [6.07, 6.45) is 0. The summed E-state index contributed by atoms with van der Waals surface area (Å²) < 4.78 is 25.1. The molecule has 0 heterocycles. The number of halogens is 3. The van der Waals surface area contributed by atoms with Crippen molar-refractivity contribution >= 4 is 54.8 Å². The van der Waals surface area contributed by atoms with Gasteiger partial charge in [-0.15, -0.1) is 0 Å². The fourth-order valence-corrected chi connectivity index (χ4v) is 3.91. The lowest BCUT2D eigenvalue weighted by Gasteiger charge is -2.06. The van der Waals surface area contributed by atoms with Crippen molar-refractivity contribution in [2.24, 2.45) is 0 Å². The largest absolute Gasteiger partial charge is 0.293 e. The molecule has 21 heavy (non-hydrogen) atoms. The Morgan fingerprint density at radius 2 is 1.81 bits per heavy atom. The van der Waals surface area contributed by atoms with E-state index in [9.17, 15) is 13.2 Å². The van der Waals surface area contributed by atoms with Crippen LogP contribution in [-0.4, -0.2) is 20.0 Å². The van der Waals surface area contributed by atoms with E-state index in [0.717, 1.165) is 0 Å². The molecule has 0 aliphatic rings. The zero-order chi connectivity index (χ0) is 15.6. The fourth-order valence-electron chi connectivity index (χ4n) is 1.71. The van der Waals surface area contributed by atoms with Crippen LogP contribution in [0.2, 0.25) is 10.0 Å². The number of rotatable bonds is 4. The van der Waals surface area contributed by atoms with Gasteiger partial charge in [0.1, 0.15) is 5.75 Å². The number of Topliss-reactive ketones (excluding diaryl/α,β-unsaturated/α-hetero) is 1. The number of carbonyl (C=O) groups excluding carboxylic acids is 1. The van der Waals surface area contributed by atoms with E-state index in [0.29, 0.717) is 9.50 Å². The normalized spacial score (nSPS) is 11.4. The molecule has 0 unspecified atom stereocenters. The van der Waals surface area contributed by atoms with Crippen LogP contribution in [0.3, 0.4) is 0 Å². The monoisotopic (exact) mass is 406 g/mol. The lowest BCUT2D eigenvalue weighted by Crippen LogP contribution is -2.16. The maximum absolute atomic E-state index is 12.2. The maximum Gasteiger partial charge on any atom is 0.185 e. The summed E-state index contributed by atoms with van der Waals surface area (Å²) in [7, 11) is -3.74. The number of benzene rings is 2. The second kappa shape index (κ2) is 6.48. The highest BCUT2D eigenvalue weighted by molar-refractivity contribution is 9.10. The molecule has 2 aromatic rings. The number of hydrogen-bond donors (Lipinski definition) is 0. The van der Waals surface area contributed by atoms with Crippen LogP contribution in [-0.2, 0) is 9.84 Å². The van der Waals surface area contributed by atoms with Crippen molar-refractivity contribution in [3.05, 3.63) is 62.5 Å². The van der Waals surface area contributed by atoms with Gasteiger partial charge in [0.05, 0.1) is 9.92 Å². The SMILES string of the molecule is O=C(CS(=O)(=O)c1cccc(Br)c1)c1cc(Cl)ccc1Cl. The Morgan fingerprint density at radius 3 is 2.48 bits per heavy atom. The summed E-state index contributed by atoms with van der Waals surface area (Å²) in [5, 5.41) is 0.497. The van der Waals surface area contributed by atoms with Gasteiger partial charge in [0, 0.05) is 15.1 Å². The van der Waals surface area contributed by atoms with Gasteiger partial charge >= 0.3 is 0 Å². The zero-order valence-electron chi connectivity index (χ0n) is 10.5. The molecule has 0 spiro atoms. The van der Waals surface area contributed by atoms with Gasteiger partial charge in [0.2, 0.25) is 0 Å². The van der Waals surface area contributed by atoms with E-state index in [2.05, 4.69) is 15.9 Å². The fraction of sp³-hybridized carbons (Fsp3) is 0.0714. The van der Waals surface area contributed by atoms with Crippen LogP contribution < -0.4 is 0 Å². The van der Waals surface area contributed by atoms with Crippen molar-refractivity contribution in [1.29, 1.82) is 0 Å². The van der Waals surface area contributed by atoms with Crippen molar-refractivity contribution in [2.75, 3.05) is 5.75 Å². The van der Waals surface area contributed by atoms with Crippen LogP contribution in [0.25, 0.3) is 0 Å². The molecular formula is C14H9BrCl2O3S. The maximum atomic E-state index is 12.2. The first kappa shape index (κ1) is 16.5. The molecule has 0 radical (unpaired) electrons. The van der Waals surface area contributed by atoms with E-state index in [1.807, 2.05) is 0 Å². The van der Waals surface area contributed by atoms with Gasteiger partial charge in [-0.3, -0.25) is 4.79 Å². The van der Waals surface area contributed by atoms with Crippen molar-refractivity contribution < 1.29 is 13.2 Å². The topological polar surface area (TPSA) is 51.2 Å². The molecule has 0 aliphatic carbocycles. The van der Waals surface area contributed by atoms with Crippen LogP contribution in [0.4, 0.5) is 0 Å². The predicted molar refractivity (Wildman–Crippen MR) is 87.0 cm³/mol. The molecule has 2 rings (SSSR count). The van der Waals surface area contributed by atoms with Crippen molar-refractivity contribution in [2.45, 2.75) is 4.90 Å². The first-order valence-corrected chi connectivity index (χ1v) is 8.96. The molecule has 0 bridgehead atoms. The third kappa shape index (κ3) is 4.07. The molecule has 0 aromatic heterocycles. The van der Waals surface area contributed by atoms with E-state index in [1.165, 1.54) is 30.3 Å². The summed E-state index contributed by atoms with van der Waals surface area (Å²) in [6, 6.07) is 10.5.